The molecule has 2 heterocycles. The van der Waals surface area contributed by atoms with Gasteiger partial charge >= 0.3 is 0 Å². The first-order valence-electron chi connectivity index (χ1n) is 7.56. The van der Waals surface area contributed by atoms with E-state index in [0.29, 0.717) is 13.2 Å². The molecule has 1 aromatic heterocycles. The van der Waals surface area contributed by atoms with Crippen molar-refractivity contribution in [3.05, 3.63) is 47.9 Å². The molecule has 1 aliphatic rings. The van der Waals surface area contributed by atoms with E-state index < -0.39 is 11.6 Å². The molecule has 1 unspecified atom stereocenters. The minimum absolute atomic E-state index is 0.0293. The smallest absolute Gasteiger partial charge is 0.270 e. The van der Waals surface area contributed by atoms with Gasteiger partial charge in [0, 0.05) is 25.3 Å². The summed E-state index contributed by atoms with van der Waals surface area (Å²) < 4.78 is 32.0. The number of hydrogen-bond acceptors (Lipinski definition) is 5. The van der Waals surface area contributed by atoms with Crippen LogP contribution in [0.1, 0.15) is 23.3 Å². The number of aromatic nitrogens is 2. The third-order valence-corrected chi connectivity index (χ3v) is 3.61. The number of halogens is 2. The maximum absolute atomic E-state index is 13.6. The molecule has 126 valence electrons. The summed E-state index contributed by atoms with van der Waals surface area (Å²) in [5.74, 6) is -1.55. The van der Waals surface area contributed by atoms with Crippen LogP contribution in [0.15, 0.2) is 30.6 Å². The van der Waals surface area contributed by atoms with E-state index in [-0.39, 0.29) is 29.2 Å². The number of ether oxygens (including phenoxy) is 1. The van der Waals surface area contributed by atoms with Crippen LogP contribution in [0.3, 0.4) is 0 Å². The van der Waals surface area contributed by atoms with E-state index in [4.69, 9.17) is 4.74 Å². The van der Waals surface area contributed by atoms with Crippen LogP contribution < -0.4 is 10.6 Å². The molecule has 1 aromatic carbocycles. The minimum atomic E-state index is -0.752. The van der Waals surface area contributed by atoms with Crippen molar-refractivity contribution >= 4 is 17.4 Å². The van der Waals surface area contributed by atoms with Gasteiger partial charge in [-0.25, -0.2) is 18.7 Å². The molecule has 1 saturated heterocycles. The normalized spacial score (nSPS) is 16.8. The second-order valence-corrected chi connectivity index (χ2v) is 5.38. The van der Waals surface area contributed by atoms with Crippen molar-refractivity contribution in [2.24, 2.45) is 0 Å². The maximum Gasteiger partial charge on any atom is 0.270 e. The monoisotopic (exact) mass is 334 g/mol. The molecule has 3 rings (SSSR count). The Labute approximate surface area is 137 Å². The Morgan fingerprint density at radius 2 is 2.17 bits per heavy atom. The standard InChI is InChI=1S/C16H16F2N4O2/c17-10-3-4-13(12(18)6-10)22-15-7-14(20-9-21-15)16(23)19-8-11-2-1-5-24-11/h3-4,6-7,9,11H,1-2,5,8H2,(H,19,23)(H,20,21,22). The van der Waals surface area contributed by atoms with Crippen molar-refractivity contribution in [2.45, 2.75) is 18.9 Å². The van der Waals surface area contributed by atoms with E-state index in [2.05, 4.69) is 20.6 Å². The Kier molecular flexibility index (Phi) is 4.95. The molecule has 1 aliphatic heterocycles. The number of hydrogen-bond donors (Lipinski definition) is 2. The zero-order chi connectivity index (χ0) is 16.9. The van der Waals surface area contributed by atoms with Crippen LogP contribution in [0.2, 0.25) is 0 Å². The third-order valence-electron chi connectivity index (χ3n) is 3.61. The lowest BCUT2D eigenvalue weighted by atomic mass is 10.2. The average molecular weight is 334 g/mol. The highest BCUT2D eigenvalue weighted by Gasteiger charge is 2.17. The average Bonchev–Trinajstić information content (AvgIpc) is 3.09. The Balaban J connectivity index is 1.65. The lowest BCUT2D eigenvalue weighted by molar-refractivity contribution is 0.0853. The summed E-state index contributed by atoms with van der Waals surface area (Å²) >= 11 is 0. The van der Waals surface area contributed by atoms with Crippen LogP contribution in [0.25, 0.3) is 0 Å². The molecule has 0 saturated carbocycles. The van der Waals surface area contributed by atoms with E-state index >= 15 is 0 Å². The van der Waals surface area contributed by atoms with E-state index in [9.17, 15) is 13.6 Å². The van der Waals surface area contributed by atoms with Gasteiger partial charge in [0.15, 0.2) is 0 Å². The number of anilines is 2. The molecule has 1 amide bonds. The van der Waals surface area contributed by atoms with Gasteiger partial charge in [-0.1, -0.05) is 0 Å². The lowest BCUT2D eigenvalue weighted by Crippen LogP contribution is -2.32. The molecule has 2 N–H and O–H groups in total. The van der Waals surface area contributed by atoms with Gasteiger partial charge in [0.2, 0.25) is 0 Å². The molecule has 0 bridgehead atoms. The van der Waals surface area contributed by atoms with E-state index in [1.165, 1.54) is 18.5 Å². The fourth-order valence-electron chi connectivity index (χ4n) is 2.38. The van der Waals surface area contributed by atoms with Crippen LogP contribution in [0.5, 0.6) is 0 Å². The van der Waals surface area contributed by atoms with Crippen molar-refractivity contribution < 1.29 is 18.3 Å². The fourth-order valence-corrected chi connectivity index (χ4v) is 2.38. The first-order chi connectivity index (χ1) is 11.6. The molecule has 6 nitrogen and oxygen atoms in total. The van der Waals surface area contributed by atoms with E-state index in [1.807, 2.05) is 0 Å². The fraction of sp³-hybridized carbons (Fsp3) is 0.312. The zero-order valence-corrected chi connectivity index (χ0v) is 12.8. The first-order valence-corrected chi connectivity index (χ1v) is 7.56. The summed E-state index contributed by atoms with van der Waals surface area (Å²) in [6, 6.07) is 4.54. The number of carbonyl (C=O) groups is 1. The highest BCUT2D eigenvalue weighted by Crippen LogP contribution is 2.19. The van der Waals surface area contributed by atoms with E-state index in [0.717, 1.165) is 25.0 Å². The number of nitrogens with zero attached hydrogens (tertiary/aromatic N) is 2. The number of nitrogens with one attached hydrogen (secondary N) is 2. The van der Waals surface area contributed by atoms with E-state index in [1.54, 1.807) is 0 Å². The van der Waals surface area contributed by atoms with Crippen LogP contribution in [-0.2, 0) is 4.74 Å². The van der Waals surface area contributed by atoms with Crippen molar-refractivity contribution in [1.29, 1.82) is 0 Å². The summed E-state index contributed by atoms with van der Waals surface area (Å²) in [5, 5.41) is 5.44. The van der Waals surface area contributed by atoms with Crippen LogP contribution in [0, 0.1) is 11.6 Å². The van der Waals surface area contributed by atoms with Crippen molar-refractivity contribution in [3.63, 3.8) is 0 Å². The number of rotatable bonds is 5. The predicted molar refractivity (Wildman–Crippen MR) is 83.0 cm³/mol. The number of amides is 1. The Bertz CT molecular complexity index is 736. The maximum atomic E-state index is 13.6. The van der Waals surface area contributed by atoms with Gasteiger partial charge in [-0.15, -0.1) is 0 Å². The van der Waals surface area contributed by atoms with Gasteiger partial charge in [0.1, 0.15) is 29.5 Å². The minimum Gasteiger partial charge on any atom is -0.376 e. The zero-order valence-electron chi connectivity index (χ0n) is 12.8. The topological polar surface area (TPSA) is 76.1 Å². The van der Waals surface area contributed by atoms with Crippen LogP contribution in [0.4, 0.5) is 20.3 Å². The Morgan fingerprint density at radius 1 is 1.29 bits per heavy atom. The second kappa shape index (κ2) is 7.31. The van der Waals surface area contributed by atoms with Crippen molar-refractivity contribution in [3.8, 4) is 0 Å². The number of carbonyl (C=O) groups excluding carboxylic acids is 1. The molecule has 8 heteroatoms. The predicted octanol–water partition coefficient (Wildman–Crippen LogP) is 2.41. The molecule has 0 aliphatic carbocycles. The summed E-state index contributed by atoms with van der Waals surface area (Å²) in [5.41, 5.74) is 0.203. The molecular weight excluding hydrogens is 318 g/mol. The van der Waals surface area contributed by atoms with Crippen LogP contribution >= 0.6 is 0 Å². The van der Waals surface area contributed by atoms with Crippen molar-refractivity contribution in [2.75, 3.05) is 18.5 Å². The Hall–Kier alpha value is -2.61. The highest BCUT2D eigenvalue weighted by molar-refractivity contribution is 5.93. The van der Waals surface area contributed by atoms with Crippen LogP contribution in [-0.4, -0.2) is 35.1 Å². The van der Waals surface area contributed by atoms with Gasteiger partial charge in [-0.05, 0) is 25.0 Å². The summed E-state index contributed by atoms with van der Waals surface area (Å²) in [7, 11) is 0. The van der Waals surface area contributed by atoms with Gasteiger partial charge < -0.3 is 15.4 Å². The molecular formula is C16H16F2N4O2. The lowest BCUT2D eigenvalue weighted by Gasteiger charge is -2.11. The molecule has 1 fully saturated rings. The van der Waals surface area contributed by atoms with Crippen molar-refractivity contribution in [1.82, 2.24) is 15.3 Å². The van der Waals surface area contributed by atoms with Gasteiger partial charge in [-0.2, -0.15) is 0 Å². The quantitative estimate of drug-likeness (QED) is 0.878. The first kappa shape index (κ1) is 16.3. The number of benzene rings is 1. The summed E-state index contributed by atoms with van der Waals surface area (Å²) in [6.07, 6.45) is 3.14. The molecule has 0 radical (unpaired) electrons. The van der Waals surface area contributed by atoms with Gasteiger partial charge in [0.05, 0.1) is 11.8 Å². The van der Waals surface area contributed by atoms with Gasteiger partial charge in [-0.3, -0.25) is 4.79 Å². The summed E-state index contributed by atoms with van der Waals surface area (Å²) in [4.78, 5) is 19.9. The molecule has 1 atom stereocenters. The Morgan fingerprint density at radius 3 is 2.92 bits per heavy atom. The summed E-state index contributed by atoms with van der Waals surface area (Å²) in [6.45, 7) is 1.13. The molecule has 0 spiro atoms. The third kappa shape index (κ3) is 4.02. The van der Waals surface area contributed by atoms with Gasteiger partial charge in [0.25, 0.3) is 5.91 Å². The SMILES string of the molecule is O=C(NCC1CCCO1)c1cc(Nc2ccc(F)cc2F)ncn1. The molecule has 2 aromatic rings. The molecule has 24 heavy (non-hydrogen) atoms. The largest absolute Gasteiger partial charge is 0.376 e. The second-order valence-electron chi connectivity index (χ2n) is 5.38. The highest BCUT2D eigenvalue weighted by atomic mass is 19.1.